The highest BCUT2D eigenvalue weighted by Gasteiger charge is 2.13. The highest BCUT2D eigenvalue weighted by atomic mass is 16.5. The van der Waals surface area contributed by atoms with E-state index in [0.717, 1.165) is 26.3 Å². The van der Waals surface area contributed by atoms with Crippen molar-refractivity contribution in [2.24, 2.45) is 0 Å². The third kappa shape index (κ3) is 4.97. The van der Waals surface area contributed by atoms with Crippen LogP contribution in [-0.4, -0.2) is 44.0 Å². The molecule has 0 radical (unpaired) electrons. The smallest absolute Gasteiger partial charge is 0.116 e. The van der Waals surface area contributed by atoms with Crippen molar-refractivity contribution in [1.29, 1.82) is 0 Å². The van der Waals surface area contributed by atoms with Gasteiger partial charge in [0.2, 0.25) is 0 Å². The summed E-state index contributed by atoms with van der Waals surface area (Å²) in [5.74, 6) is 0. The average Bonchev–Trinajstić information content (AvgIpc) is 2.90. The molecule has 0 saturated carbocycles. The van der Waals surface area contributed by atoms with Crippen molar-refractivity contribution in [2.75, 3.05) is 39.4 Å². The number of nitrogens with one attached hydrogen (secondary N) is 1. The van der Waals surface area contributed by atoms with Gasteiger partial charge in [0, 0.05) is 6.20 Å². The van der Waals surface area contributed by atoms with Gasteiger partial charge in [0.1, 0.15) is 19.6 Å². The van der Waals surface area contributed by atoms with Gasteiger partial charge in [0.15, 0.2) is 0 Å². The molecule has 0 atom stereocenters. The lowest BCUT2D eigenvalue weighted by Gasteiger charge is -2.24. The Morgan fingerprint density at radius 1 is 1.37 bits per heavy atom. The molecule has 0 spiro atoms. The molecule has 0 aliphatic carbocycles. The third-order valence-corrected chi connectivity index (χ3v) is 3.94. The molecule has 1 aromatic rings. The normalized spacial score (nSPS) is 16.9. The molecule has 4 nitrogen and oxygen atoms in total. The van der Waals surface area contributed by atoms with Crippen LogP contribution in [0.15, 0.2) is 18.3 Å². The first-order valence-corrected chi connectivity index (χ1v) is 7.77. The molecular formula is C15H29N3O+2. The number of quaternary nitrogens is 2. The van der Waals surface area contributed by atoms with Crippen molar-refractivity contribution >= 4 is 0 Å². The minimum absolute atomic E-state index is 0.929. The van der Waals surface area contributed by atoms with Gasteiger partial charge in [-0.25, -0.2) is 0 Å². The van der Waals surface area contributed by atoms with Crippen LogP contribution in [0.3, 0.4) is 0 Å². The predicted molar refractivity (Wildman–Crippen MR) is 76.2 cm³/mol. The van der Waals surface area contributed by atoms with Gasteiger partial charge < -0.3 is 19.5 Å². The summed E-state index contributed by atoms with van der Waals surface area (Å²) in [5, 5.41) is 2.43. The van der Waals surface area contributed by atoms with E-state index < -0.39 is 0 Å². The quantitative estimate of drug-likeness (QED) is 0.598. The third-order valence-electron chi connectivity index (χ3n) is 3.94. The van der Waals surface area contributed by atoms with Crippen molar-refractivity contribution < 1.29 is 15.0 Å². The summed E-state index contributed by atoms with van der Waals surface area (Å²) >= 11 is 0. The van der Waals surface area contributed by atoms with E-state index in [1.54, 1.807) is 4.90 Å². The number of nitrogens with two attached hydrogens (primary N) is 1. The number of rotatable bonds is 8. The Kier molecular flexibility index (Phi) is 6.41. The maximum atomic E-state index is 5.40. The first-order valence-electron chi connectivity index (χ1n) is 7.77. The van der Waals surface area contributed by atoms with E-state index in [-0.39, 0.29) is 0 Å². The second-order valence-electron chi connectivity index (χ2n) is 5.44. The second-order valence-corrected chi connectivity index (χ2v) is 5.44. The van der Waals surface area contributed by atoms with Crippen LogP contribution in [-0.2, 0) is 17.8 Å². The lowest BCUT2D eigenvalue weighted by Crippen LogP contribution is -3.14. The molecule has 1 aliphatic rings. The molecule has 0 unspecified atom stereocenters. The van der Waals surface area contributed by atoms with Crippen molar-refractivity contribution in [2.45, 2.75) is 32.9 Å². The fourth-order valence-electron chi connectivity index (χ4n) is 2.64. The fourth-order valence-corrected chi connectivity index (χ4v) is 2.64. The number of aromatic nitrogens is 1. The topological polar surface area (TPSA) is 35.2 Å². The molecule has 2 rings (SSSR count). The van der Waals surface area contributed by atoms with Gasteiger partial charge in [-0.1, -0.05) is 13.3 Å². The van der Waals surface area contributed by atoms with Crippen LogP contribution >= 0.6 is 0 Å². The van der Waals surface area contributed by atoms with Crippen LogP contribution < -0.4 is 10.2 Å². The molecule has 1 aliphatic heterocycles. The van der Waals surface area contributed by atoms with Crippen molar-refractivity contribution in [1.82, 2.24) is 4.57 Å². The number of hydrogen-bond donors (Lipinski definition) is 2. The number of nitrogens with zero attached hydrogens (tertiary/aromatic N) is 1. The van der Waals surface area contributed by atoms with Crippen LogP contribution in [0.25, 0.3) is 0 Å². The van der Waals surface area contributed by atoms with Gasteiger partial charge in [-0.2, -0.15) is 0 Å². The largest absolute Gasteiger partial charge is 0.370 e. The highest BCUT2D eigenvalue weighted by Crippen LogP contribution is 1.99. The van der Waals surface area contributed by atoms with Crippen LogP contribution in [0, 0.1) is 0 Å². The van der Waals surface area contributed by atoms with E-state index in [9.17, 15) is 0 Å². The summed E-state index contributed by atoms with van der Waals surface area (Å²) in [6, 6.07) is 4.44. The van der Waals surface area contributed by atoms with Gasteiger partial charge in [0.25, 0.3) is 0 Å². The van der Waals surface area contributed by atoms with E-state index in [4.69, 9.17) is 4.74 Å². The Morgan fingerprint density at radius 3 is 3.00 bits per heavy atom. The van der Waals surface area contributed by atoms with Crippen molar-refractivity contribution in [3.63, 3.8) is 0 Å². The molecule has 1 fully saturated rings. The first kappa shape index (κ1) is 14.6. The van der Waals surface area contributed by atoms with E-state index >= 15 is 0 Å². The molecule has 4 heteroatoms. The molecule has 1 aromatic heterocycles. The Morgan fingerprint density at radius 2 is 2.21 bits per heavy atom. The zero-order chi connectivity index (χ0) is 13.3. The number of unbranched alkanes of at least 4 members (excludes halogenated alkanes) is 1. The maximum Gasteiger partial charge on any atom is 0.116 e. The van der Waals surface area contributed by atoms with E-state index in [0.29, 0.717) is 0 Å². The Bertz CT molecular complexity index is 345. The summed E-state index contributed by atoms with van der Waals surface area (Å²) in [5.41, 5.74) is 1.46. The standard InChI is InChI=1S/C15H27N3O/c1-2-3-6-16-14-15-5-4-7-18(15)9-8-17-10-12-19-13-11-17/h4-5,7,16H,2-3,6,8-14H2,1H3/p+2. The summed E-state index contributed by atoms with van der Waals surface area (Å²) in [6.07, 6.45) is 4.83. The highest BCUT2D eigenvalue weighted by molar-refractivity contribution is 5.05. The predicted octanol–water partition coefficient (Wildman–Crippen LogP) is -0.733. The van der Waals surface area contributed by atoms with Gasteiger partial charge in [0.05, 0.1) is 38.5 Å². The molecule has 0 aromatic carbocycles. The minimum atomic E-state index is 0.929. The van der Waals surface area contributed by atoms with Gasteiger partial charge in [-0.05, 0) is 18.6 Å². The monoisotopic (exact) mass is 267 g/mol. The van der Waals surface area contributed by atoms with Crippen LogP contribution in [0.5, 0.6) is 0 Å². The van der Waals surface area contributed by atoms with Crippen LogP contribution in [0.2, 0.25) is 0 Å². The zero-order valence-corrected chi connectivity index (χ0v) is 12.2. The van der Waals surface area contributed by atoms with Gasteiger partial charge >= 0.3 is 0 Å². The molecule has 108 valence electrons. The summed E-state index contributed by atoms with van der Waals surface area (Å²) in [6.45, 7) is 11.2. The molecule has 0 amide bonds. The van der Waals surface area contributed by atoms with Crippen molar-refractivity contribution in [3.05, 3.63) is 24.0 Å². The number of ether oxygens (including phenoxy) is 1. The van der Waals surface area contributed by atoms with Gasteiger partial charge in [-0.15, -0.1) is 0 Å². The van der Waals surface area contributed by atoms with E-state index in [1.807, 2.05) is 0 Å². The Labute approximate surface area is 116 Å². The van der Waals surface area contributed by atoms with Crippen LogP contribution in [0.1, 0.15) is 25.5 Å². The fraction of sp³-hybridized carbons (Fsp3) is 0.733. The summed E-state index contributed by atoms with van der Waals surface area (Å²) in [4.78, 5) is 1.68. The summed E-state index contributed by atoms with van der Waals surface area (Å²) in [7, 11) is 0. The molecule has 1 saturated heterocycles. The Balaban J connectivity index is 1.72. The van der Waals surface area contributed by atoms with Crippen molar-refractivity contribution in [3.8, 4) is 0 Å². The number of morpholine rings is 1. The summed E-state index contributed by atoms with van der Waals surface area (Å²) < 4.78 is 7.83. The van der Waals surface area contributed by atoms with Gasteiger partial charge in [-0.3, -0.25) is 0 Å². The average molecular weight is 267 g/mol. The van der Waals surface area contributed by atoms with Crippen LogP contribution in [0.4, 0.5) is 0 Å². The first-order chi connectivity index (χ1) is 9.40. The van der Waals surface area contributed by atoms with E-state index in [1.165, 1.54) is 44.7 Å². The molecule has 19 heavy (non-hydrogen) atoms. The second kappa shape index (κ2) is 8.35. The SMILES string of the molecule is CCCC[NH2+]Cc1cccn1CC[NH+]1CCOCC1. The minimum Gasteiger partial charge on any atom is -0.370 e. The molecule has 2 heterocycles. The maximum absolute atomic E-state index is 5.40. The van der Waals surface area contributed by atoms with E-state index in [2.05, 4.69) is 35.1 Å². The molecular weight excluding hydrogens is 238 g/mol. The lowest BCUT2D eigenvalue weighted by molar-refractivity contribution is -0.908. The zero-order valence-electron chi connectivity index (χ0n) is 12.2. The number of hydrogen-bond acceptors (Lipinski definition) is 1. The lowest BCUT2D eigenvalue weighted by atomic mass is 10.3. The molecule has 3 N–H and O–H groups in total. The Hall–Kier alpha value is -0.840. The molecule has 0 bridgehead atoms.